The summed E-state index contributed by atoms with van der Waals surface area (Å²) in [6, 6.07) is 10.9. The van der Waals surface area contributed by atoms with Crippen molar-refractivity contribution in [2.45, 2.75) is 20.3 Å². The lowest BCUT2D eigenvalue weighted by molar-refractivity contribution is -0.122. The number of hydrogen-bond acceptors (Lipinski definition) is 2. The van der Waals surface area contributed by atoms with Gasteiger partial charge in [0.15, 0.2) is 0 Å². The zero-order valence-electron chi connectivity index (χ0n) is 13.9. The van der Waals surface area contributed by atoms with E-state index in [-0.39, 0.29) is 23.7 Å². The Morgan fingerprint density at radius 2 is 1.60 bits per heavy atom. The van der Waals surface area contributed by atoms with Crippen LogP contribution in [-0.2, 0) is 9.59 Å². The predicted molar refractivity (Wildman–Crippen MR) is 101 cm³/mol. The molecule has 0 aromatic heterocycles. The highest BCUT2D eigenvalue weighted by Gasteiger charge is 2.48. The van der Waals surface area contributed by atoms with Crippen LogP contribution >= 0.6 is 23.2 Å². The fourth-order valence-electron chi connectivity index (χ4n) is 2.70. The van der Waals surface area contributed by atoms with Crippen LogP contribution in [0.4, 0.5) is 11.4 Å². The molecule has 4 nitrogen and oxygen atoms in total. The Hall–Kier alpha value is -2.04. The van der Waals surface area contributed by atoms with Gasteiger partial charge in [0.25, 0.3) is 0 Å². The van der Waals surface area contributed by atoms with Gasteiger partial charge in [-0.1, -0.05) is 41.4 Å². The van der Waals surface area contributed by atoms with E-state index in [1.54, 1.807) is 18.2 Å². The zero-order valence-corrected chi connectivity index (χ0v) is 15.4. The fraction of sp³-hybridized carbons (Fsp3) is 0.263. The van der Waals surface area contributed by atoms with Gasteiger partial charge in [0, 0.05) is 5.69 Å². The summed E-state index contributed by atoms with van der Waals surface area (Å²) in [7, 11) is 0. The minimum absolute atomic E-state index is 0.133. The molecule has 1 fully saturated rings. The van der Waals surface area contributed by atoms with Gasteiger partial charge >= 0.3 is 0 Å². The zero-order chi connectivity index (χ0) is 18.1. The Morgan fingerprint density at radius 3 is 2.28 bits per heavy atom. The smallest absolute Gasteiger partial charge is 0.228 e. The van der Waals surface area contributed by atoms with E-state index in [0.29, 0.717) is 22.2 Å². The lowest BCUT2D eigenvalue weighted by Crippen LogP contribution is -2.21. The molecule has 0 radical (unpaired) electrons. The van der Waals surface area contributed by atoms with Gasteiger partial charge in [-0.25, -0.2) is 0 Å². The molecule has 0 spiro atoms. The number of nitrogens with one attached hydrogen (secondary N) is 2. The second kappa shape index (κ2) is 7.06. The topological polar surface area (TPSA) is 58.2 Å². The van der Waals surface area contributed by atoms with Gasteiger partial charge in [-0.2, -0.15) is 0 Å². The molecular weight excluding hydrogens is 359 g/mol. The number of aryl methyl sites for hydroxylation is 2. The summed E-state index contributed by atoms with van der Waals surface area (Å²) in [6.07, 6.45) is 0.528. The van der Waals surface area contributed by atoms with Crippen LogP contribution in [0, 0.1) is 25.7 Å². The van der Waals surface area contributed by atoms with E-state index in [1.807, 2.05) is 32.0 Å². The summed E-state index contributed by atoms with van der Waals surface area (Å²) in [5.74, 6) is -1.02. The first kappa shape index (κ1) is 17.8. The third kappa shape index (κ3) is 3.97. The van der Waals surface area contributed by atoms with Crippen LogP contribution in [0.25, 0.3) is 0 Å². The van der Waals surface area contributed by atoms with Gasteiger partial charge in [-0.05, 0) is 49.6 Å². The quantitative estimate of drug-likeness (QED) is 0.802. The largest absolute Gasteiger partial charge is 0.326 e. The lowest BCUT2D eigenvalue weighted by atomic mass is 10.1. The summed E-state index contributed by atoms with van der Waals surface area (Å²) in [4.78, 5) is 24.7. The molecule has 1 aliphatic rings. The van der Waals surface area contributed by atoms with E-state index in [9.17, 15) is 9.59 Å². The average Bonchev–Trinajstić information content (AvgIpc) is 3.36. The Labute approximate surface area is 156 Å². The third-order valence-electron chi connectivity index (χ3n) is 4.32. The third-order valence-corrected chi connectivity index (χ3v) is 5.14. The Morgan fingerprint density at radius 1 is 0.960 bits per heavy atom. The van der Waals surface area contributed by atoms with Crippen molar-refractivity contribution in [3.8, 4) is 0 Å². The molecule has 2 aromatic rings. The summed E-state index contributed by atoms with van der Waals surface area (Å²) in [5, 5.41) is 6.34. The molecular formula is C19H18Cl2N2O2. The molecule has 2 aromatic carbocycles. The fourth-order valence-corrected chi connectivity index (χ4v) is 3.04. The second-order valence-electron chi connectivity index (χ2n) is 6.35. The lowest BCUT2D eigenvalue weighted by Gasteiger charge is -2.10. The number of halogens is 2. The highest BCUT2D eigenvalue weighted by Crippen LogP contribution is 2.41. The van der Waals surface area contributed by atoms with Gasteiger partial charge in [0.2, 0.25) is 11.8 Å². The molecule has 1 saturated carbocycles. The highest BCUT2D eigenvalue weighted by molar-refractivity contribution is 6.44. The van der Waals surface area contributed by atoms with Gasteiger partial charge in [0.05, 0.1) is 27.6 Å². The number of rotatable bonds is 4. The van der Waals surface area contributed by atoms with E-state index in [2.05, 4.69) is 10.6 Å². The molecule has 3 rings (SSSR count). The molecule has 2 amide bonds. The molecule has 2 atom stereocenters. The molecule has 2 N–H and O–H groups in total. The van der Waals surface area contributed by atoms with E-state index in [0.717, 1.165) is 16.8 Å². The monoisotopic (exact) mass is 376 g/mol. The second-order valence-corrected chi connectivity index (χ2v) is 7.13. The number of benzene rings is 2. The van der Waals surface area contributed by atoms with E-state index in [1.165, 1.54) is 0 Å². The highest BCUT2D eigenvalue weighted by atomic mass is 35.5. The Balaban J connectivity index is 1.62. The Bertz CT molecular complexity index is 831. The van der Waals surface area contributed by atoms with E-state index in [4.69, 9.17) is 23.2 Å². The molecule has 2 unspecified atom stereocenters. The molecule has 0 heterocycles. The first-order chi connectivity index (χ1) is 11.9. The molecule has 0 bridgehead atoms. The van der Waals surface area contributed by atoms with Crippen molar-refractivity contribution in [2.24, 2.45) is 11.8 Å². The molecule has 130 valence electrons. The van der Waals surface area contributed by atoms with Crippen LogP contribution in [0.3, 0.4) is 0 Å². The van der Waals surface area contributed by atoms with Crippen molar-refractivity contribution in [3.63, 3.8) is 0 Å². The maximum atomic E-state index is 12.4. The van der Waals surface area contributed by atoms with Crippen molar-refractivity contribution in [1.82, 2.24) is 0 Å². The molecule has 0 aliphatic heterocycles. The van der Waals surface area contributed by atoms with Gasteiger partial charge in [0.1, 0.15) is 0 Å². The maximum absolute atomic E-state index is 12.4. The minimum Gasteiger partial charge on any atom is -0.326 e. The number of hydrogen-bond donors (Lipinski definition) is 2. The van der Waals surface area contributed by atoms with Crippen LogP contribution in [0.5, 0.6) is 0 Å². The van der Waals surface area contributed by atoms with Crippen molar-refractivity contribution in [3.05, 3.63) is 57.6 Å². The molecule has 6 heteroatoms. The van der Waals surface area contributed by atoms with Gasteiger partial charge in [-0.15, -0.1) is 0 Å². The molecule has 1 aliphatic carbocycles. The van der Waals surface area contributed by atoms with Crippen molar-refractivity contribution < 1.29 is 9.59 Å². The van der Waals surface area contributed by atoms with Crippen LogP contribution in [0.2, 0.25) is 10.0 Å². The van der Waals surface area contributed by atoms with Crippen LogP contribution in [0.15, 0.2) is 36.4 Å². The predicted octanol–water partition coefficient (Wildman–Crippen LogP) is 4.82. The normalized spacial score (nSPS) is 18.6. The number of anilines is 2. The summed E-state index contributed by atoms with van der Waals surface area (Å²) in [6.45, 7) is 3.91. The van der Waals surface area contributed by atoms with Crippen molar-refractivity contribution in [2.75, 3.05) is 10.6 Å². The van der Waals surface area contributed by atoms with Crippen molar-refractivity contribution >= 4 is 46.4 Å². The van der Waals surface area contributed by atoms with Gasteiger partial charge in [-0.3, -0.25) is 9.59 Å². The first-order valence-electron chi connectivity index (χ1n) is 8.00. The summed E-state index contributed by atoms with van der Waals surface area (Å²) in [5.41, 5.74) is 3.31. The van der Waals surface area contributed by atoms with Crippen LogP contribution < -0.4 is 10.6 Å². The first-order valence-corrected chi connectivity index (χ1v) is 8.75. The van der Waals surface area contributed by atoms with Crippen LogP contribution in [0.1, 0.15) is 17.5 Å². The number of carbonyl (C=O) groups excluding carboxylic acids is 2. The number of amides is 2. The van der Waals surface area contributed by atoms with E-state index >= 15 is 0 Å². The van der Waals surface area contributed by atoms with E-state index < -0.39 is 0 Å². The van der Waals surface area contributed by atoms with Gasteiger partial charge < -0.3 is 10.6 Å². The summed E-state index contributed by atoms with van der Waals surface area (Å²) < 4.78 is 0. The average molecular weight is 377 g/mol. The molecule has 25 heavy (non-hydrogen) atoms. The number of carbonyl (C=O) groups is 2. The van der Waals surface area contributed by atoms with Crippen LogP contribution in [-0.4, -0.2) is 11.8 Å². The maximum Gasteiger partial charge on any atom is 0.228 e. The summed E-state index contributed by atoms with van der Waals surface area (Å²) >= 11 is 12.0. The van der Waals surface area contributed by atoms with Crippen molar-refractivity contribution in [1.29, 1.82) is 0 Å². The minimum atomic E-state index is -0.347. The standard InChI is InChI=1S/C19H18Cl2N2O2/c1-10-6-7-11(2)16(8-10)23-19(25)13-9-12(13)18(24)22-15-5-3-4-14(20)17(15)21/h3-8,12-13H,9H2,1-2H3,(H,22,24)(H,23,25). The SMILES string of the molecule is Cc1ccc(C)c(NC(=O)C2CC2C(=O)Nc2cccc(Cl)c2Cl)c1. The molecule has 0 saturated heterocycles. The Kier molecular flexibility index (Phi) is 5.02.